The largest absolute Gasteiger partial charge is 0.438 e. The lowest BCUT2D eigenvalue weighted by Gasteiger charge is -2.20. The minimum atomic E-state index is 0.250. The maximum absolute atomic E-state index is 6.13. The Balaban J connectivity index is 1.14. The summed E-state index contributed by atoms with van der Waals surface area (Å²) in [7, 11) is 0. The zero-order valence-electron chi connectivity index (χ0n) is 24.3. The minimum absolute atomic E-state index is 0.250. The topological polar surface area (TPSA) is 48.8 Å². The zero-order valence-corrected chi connectivity index (χ0v) is 24.3. The molecule has 9 aromatic rings. The molecule has 0 spiro atoms. The summed E-state index contributed by atoms with van der Waals surface area (Å²) in [4.78, 5) is 9.34. The van der Waals surface area contributed by atoms with Gasteiger partial charge in [-0.1, -0.05) is 84.9 Å². The summed E-state index contributed by atoms with van der Waals surface area (Å²) >= 11 is 0. The van der Waals surface area contributed by atoms with Gasteiger partial charge in [-0.15, -0.1) is 0 Å². The van der Waals surface area contributed by atoms with Crippen LogP contribution in [0.2, 0.25) is 0 Å². The second kappa shape index (κ2) is 9.28. The average molecular weight is 579 g/mol. The van der Waals surface area contributed by atoms with Crippen LogP contribution in [0.5, 0.6) is 0 Å². The Morgan fingerprint density at radius 1 is 0.622 bits per heavy atom. The maximum atomic E-state index is 6.13. The lowest BCUT2D eigenvalue weighted by atomic mass is 9.86. The molecule has 212 valence electrons. The van der Waals surface area contributed by atoms with E-state index in [1.807, 2.05) is 18.2 Å². The van der Waals surface area contributed by atoms with E-state index >= 15 is 0 Å². The molecule has 0 saturated carbocycles. The van der Waals surface area contributed by atoms with Crippen LogP contribution in [0.4, 0.5) is 0 Å². The van der Waals surface area contributed by atoms with Crippen molar-refractivity contribution in [1.82, 2.24) is 19.1 Å². The van der Waals surface area contributed by atoms with Gasteiger partial charge in [0, 0.05) is 33.2 Å². The van der Waals surface area contributed by atoms with Gasteiger partial charge in [0.25, 0.3) is 0 Å². The Morgan fingerprint density at radius 3 is 2.20 bits per heavy atom. The summed E-state index contributed by atoms with van der Waals surface area (Å²) in [6.45, 7) is 0. The average Bonchev–Trinajstić information content (AvgIpc) is 3.76. The van der Waals surface area contributed by atoms with Crippen LogP contribution in [0.1, 0.15) is 22.7 Å². The van der Waals surface area contributed by atoms with E-state index in [-0.39, 0.29) is 5.92 Å². The Morgan fingerprint density at radius 2 is 1.33 bits per heavy atom. The van der Waals surface area contributed by atoms with Gasteiger partial charge in [0.15, 0.2) is 5.82 Å². The van der Waals surface area contributed by atoms with Gasteiger partial charge in [-0.2, -0.15) is 0 Å². The van der Waals surface area contributed by atoms with E-state index in [4.69, 9.17) is 9.40 Å². The van der Waals surface area contributed by atoms with Gasteiger partial charge < -0.3 is 8.98 Å². The van der Waals surface area contributed by atoms with Gasteiger partial charge in [-0.3, -0.25) is 4.57 Å². The smallest absolute Gasteiger partial charge is 0.232 e. The molecule has 4 heterocycles. The maximum Gasteiger partial charge on any atom is 0.232 e. The number of para-hydroxylation sites is 4. The van der Waals surface area contributed by atoms with Crippen LogP contribution in [0.15, 0.2) is 138 Å². The SMILES string of the molecule is C1=CC(c2ccc3c(c2)c2ccccc2n3-c2ccccc2)Cc2c1n(-c1ncnc3oc4ccccc4c13)c1ccccc21. The van der Waals surface area contributed by atoms with Crippen LogP contribution in [0.3, 0.4) is 0 Å². The molecule has 5 aromatic carbocycles. The van der Waals surface area contributed by atoms with Crippen molar-refractivity contribution in [2.75, 3.05) is 0 Å². The molecule has 0 N–H and O–H groups in total. The van der Waals surface area contributed by atoms with Crippen LogP contribution in [0, 0.1) is 0 Å². The van der Waals surface area contributed by atoms with Crippen molar-refractivity contribution in [2.45, 2.75) is 12.3 Å². The van der Waals surface area contributed by atoms with Crippen LogP contribution in [-0.4, -0.2) is 19.1 Å². The molecule has 0 saturated heterocycles. The summed E-state index contributed by atoms with van der Waals surface area (Å²) in [5.74, 6) is 1.10. The van der Waals surface area contributed by atoms with Gasteiger partial charge in [0.05, 0.1) is 27.6 Å². The highest BCUT2D eigenvalue weighted by atomic mass is 16.3. The summed E-state index contributed by atoms with van der Waals surface area (Å²) in [5.41, 5.74) is 10.0. The lowest BCUT2D eigenvalue weighted by Crippen LogP contribution is -2.08. The molecule has 0 radical (unpaired) electrons. The second-order valence-electron chi connectivity index (χ2n) is 11.8. The predicted octanol–water partition coefficient (Wildman–Crippen LogP) is 9.77. The highest BCUT2D eigenvalue weighted by molar-refractivity contribution is 6.10. The van der Waals surface area contributed by atoms with Gasteiger partial charge in [-0.25, -0.2) is 9.97 Å². The molecule has 0 fully saturated rings. The molecule has 10 rings (SSSR count). The standard InChI is InChI=1S/C40H26N4O/c1-2-10-27(11-3-1)43-33-15-7-4-12-28(33)31-22-25(18-20-35(31)43)26-19-21-36-32(23-26)29-13-5-8-16-34(29)44(36)39-38-30-14-6-9-17-37(30)45-40(38)42-24-41-39/h1-22,24,26H,23H2. The number of fused-ring (bicyclic) bond motifs is 9. The number of hydrogen-bond donors (Lipinski definition) is 0. The van der Waals surface area contributed by atoms with Crippen molar-refractivity contribution in [3.63, 3.8) is 0 Å². The van der Waals surface area contributed by atoms with Crippen LogP contribution >= 0.6 is 0 Å². The molecule has 1 atom stereocenters. The minimum Gasteiger partial charge on any atom is -0.438 e. The monoisotopic (exact) mass is 578 g/mol. The summed E-state index contributed by atoms with van der Waals surface area (Å²) in [5, 5.41) is 5.77. The normalized spacial score (nSPS) is 14.7. The molecular weight excluding hydrogens is 552 g/mol. The number of aromatic nitrogens is 4. The third-order valence-electron chi connectivity index (χ3n) is 9.44. The molecule has 0 amide bonds. The number of allylic oxidation sites excluding steroid dienone is 1. The van der Waals surface area contributed by atoms with Crippen molar-refractivity contribution in [3.05, 3.63) is 151 Å². The van der Waals surface area contributed by atoms with Crippen molar-refractivity contribution >= 4 is 60.9 Å². The first-order valence-electron chi connectivity index (χ1n) is 15.4. The third-order valence-corrected chi connectivity index (χ3v) is 9.44. The first-order chi connectivity index (χ1) is 22.3. The number of benzene rings is 5. The molecule has 0 bridgehead atoms. The third kappa shape index (κ3) is 3.49. The van der Waals surface area contributed by atoms with E-state index in [2.05, 4.69) is 129 Å². The van der Waals surface area contributed by atoms with Gasteiger partial charge in [0.1, 0.15) is 11.9 Å². The van der Waals surface area contributed by atoms with E-state index in [1.54, 1.807) is 6.33 Å². The van der Waals surface area contributed by atoms with Crippen molar-refractivity contribution in [1.29, 1.82) is 0 Å². The summed E-state index contributed by atoms with van der Waals surface area (Å²) in [6.07, 6.45) is 7.17. The van der Waals surface area contributed by atoms with Crippen molar-refractivity contribution in [2.24, 2.45) is 0 Å². The van der Waals surface area contributed by atoms with E-state index in [0.29, 0.717) is 5.71 Å². The summed E-state index contributed by atoms with van der Waals surface area (Å²) in [6, 6.07) is 43.1. The van der Waals surface area contributed by atoms with Gasteiger partial charge in [0.2, 0.25) is 5.71 Å². The first kappa shape index (κ1) is 24.5. The van der Waals surface area contributed by atoms with Gasteiger partial charge in [-0.05, 0) is 66.1 Å². The van der Waals surface area contributed by atoms with Gasteiger partial charge >= 0.3 is 0 Å². The van der Waals surface area contributed by atoms with E-state index in [1.165, 1.54) is 49.7 Å². The molecule has 45 heavy (non-hydrogen) atoms. The Bertz CT molecular complexity index is 2640. The number of nitrogens with zero attached hydrogens (tertiary/aromatic N) is 4. The molecule has 1 unspecified atom stereocenters. The second-order valence-corrected chi connectivity index (χ2v) is 11.8. The first-order valence-corrected chi connectivity index (χ1v) is 15.4. The highest BCUT2D eigenvalue weighted by Gasteiger charge is 2.26. The summed E-state index contributed by atoms with van der Waals surface area (Å²) < 4.78 is 10.8. The van der Waals surface area contributed by atoms with Crippen LogP contribution < -0.4 is 0 Å². The van der Waals surface area contributed by atoms with E-state index in [9.17, 15) is 0 Å². The van der Waals surface area contributed by atoms with Crippen LogP contribution in [0.25, 0.3) is 72.4 Å². The van der Waals surface area contributed by atoms with Crippen molar-refractivity contribution < 1.29 is 4.42 Å². The Hall–Kier alpha value is -5.94. The molecular formula is C40H26N4O. The molecule has 0 aliphatic heterocycles. The van der Waals surface area contributed by atoms with E-state index < -0.39 is 0 Å². The highest BCUT2D eigenvalue weighted by Crippen LogP contribution is 2.42. The molecule has 1 aliphatic carbocycles. The molecule has 5 nitrogen and oxygen atoms in total. The zero-order chi connectivity index (χ0) is 29.5. The molecule has 5 heteroatoms. The quantitative estimate of drug-likeness (QED) is 0.210. The lowest BCUT2D eigenvalue weighted by molar-refractivity contribution is 0.652. The fourth-order valence-electron chi connectivity index (χ4n) is 7.45. The molecule has 1 aliphatic rings. The van der Waals surface area contributed by atoms with Crippen molar-refractivity contribution in [3.8, 4) is 11.5 Å². The Labute approximate surface area is 258 Å². The number of furan rings is 1. The fraction of sp³-hybridized carbons (Fsp3) is 0.0500. The number of hydrogen-bond acceptors (Lipinski definition) is 3. The fourth-order valence-corrected chi connectivity index (χ4v) is 7.45. The molecule has 4 aromatic heterocycles. The predicted molar refractivity (Wildman–Crippen MR) is 182 cm³/mol. The van der Waals surface area contributed by atoms with Crippen LogP contribution in [-0.2, 0) is 6.42 Å². The Kier molecular flexibility index (Phi) is 5.05. The van der Waals surface area contributed by atoms with E-state index in [0.717, 1.165) is 34.1 Å². The number of rotatable bonds is 3.